The van der Waals surface area contributed by atoms with Gasteiger partial charge < -0.3 is 16.0 Å². The summed E-state index contributed by atoms with van der Waals surface area (Å²) in [6.45, 7) is 1.98. The van der Waals surface area contributed by atoms with Crippen LogP contribution in [0.15, 0.2) is 24.5 Å². The summed E-state index contributed by atoms with van der Waals surface area (Å²) in [6, 6.07) is 5.71. The number of benzene rings is 1. The number of nitrogens with zero attached hydrogens (tertiary/aromatic N) is 1. The van der Waals surface area contributed by atoms with Gasteiger partial charge in [-0.2, -0.15) is 0 Å². The summed E-state index contributed by atoms with van der Waals surface area (Å²) >= 11 is 0. The van der Waals surface area contributed by atoms with Gasteiger partial charge in [-0.05, 0) is 31.9 Å². The van der Waals surface area contributed by atoms with Crippen molar-refractivity contribution in [3.8, 4) is 0 Å². The molecule has 0 radical (unpaired) electrons. The predicted octanol–water partition coefficient (Wildman–Crippen LogP) is 2.41. The van der Waals surface area contributed by atoms with Crippen molar-refractivity contribution in [1.82, 2.24) is 9.97 Å². The van der Waals surface area contributed by atoms with Gasteiger partial charge in [-0.25, -0.2) is 4.98 Å². The van der Waals surface area contributed by atoms with Gasteiger partial charge in [0.15, 0.2) is 0 Å². The lowest BCUT2D eigenvalue weighted by molar-refractivity contribution is -0.122. The van der Waals surface area contributed by atoms with Crippen LogP contribution in [-0.4, -0.2) is 21.4 Å². The molecule has 0 bridgehead atoms. The topological polar surface area (TPSA) is 83.8 Å². The lowest BCUT2D eigenvalue weighted by atomic mass is 9.74. The van der Waals surface area contributed by atoms with Crippen molar-refractivity contribution < 1.29 is 4.79 Å². The van der Waals surface area contributed by atoms with Gasteiger partial charge >= 0.3 is 0 Å². The number of aromatic amines is 1. The fourth-order valence-corrected chi connectivity index (χ4v) is 3.08. The summed E-state index contributed by atoms with van der Waals surface area (Å²) in [6.07, 6.45) is 5.56. The van der Waals surface area contributed by atoms with Crippen molar-refractivity contribution in [2.24, 2.45) is 11.7 Å². The number of aromatic nitrogens is 2. The number of para-hydroxylation sites is 1. The number of carbonyl (C=O) groups excluding carboxylic acids is 1. The number of nitrogens with two attached hydrogens (primary N) is 1. The number of H-pyrrole nitrogens is 1. The smallest absolute Gasteiger partial charge is 0.229 e. The van der Waals surface area contributed by atoms with Gasteiger partial charge in [-0.15, -0.1) is 0 Å². The molecule has 5 heteroatoms. The number of anilines is 1. The third kappa shape index (κ3) is 2.29. The molecule has 2 aromatic rings. The molecule has 4 N–H and O–H groups in total. The summed E-state index contributed by atoms with van der Waals surface area (Å²) in [4.78, 5) is 19.8. The van der Waals surface area contributed by atoms with Gasteiger partial charge in [-0.1, -0.05) is 18.9 Å². The van der Waals surface area contributed by atoms with Gasteiger partial charge in [0.25, 0.3) is 0 Å². The first kappa shape index (κ1) is 13.1. The Hall–Kier alpha value is -1.88. The molecule has 1 heterocycles. The van der Waals surface area contributed by atoms with Gasteiger partial charge in [0.05, 0.1) is 23.4 Å². The Labute approximate surface area is 118 Å². The molecule has 1 fully saturated rings. The van der Waals surface area contributed by atoms with E-state index in [1.54, 1.807) is 6.33 Å². The molecule has 3 rings (SSSR count). The Morgan fingerprint density at radius 1 is 1.50 bits per heavy atom. The van der Waals surface area contributed by atoms with Crippen LogP contribution in [0.4, 0.5) is 5.69 Å². The Bertz CT molecular complexity index is 632. The third-order valence-electron chi connectivity index (χ3n) is 4.28. The van der Waals surface area contributed by atoms with Crippen LogP contribution in [0, 0.1) is 5.92 Å². The first-order valence-electron chi connectivity index (χ1n) is 7.10. The summed E-state index contributed by atoms with van der Waals surface area (Å²) in [5, 5.41) is 2.99. The third-order valence-corrected chi connectivity index (χ3v) is 4.28. The molecule has 1 aromatic heterocycles. The fraction of sp³-hybridized carbons (Fsp3) is 0.467. The molecule has 1 aliphatic carbocycles. The Morgan fingerprint density at radius 2 is 2.35 bits per heavy atom. The molecule has 20 heavy (non-hydrogen) atoms. The average Bonchev–Trinajstić information content (AvgIpc) is 2.87. The van der Waals surface area contributed by atoms with Crippen molar-refractivity contribution in [2.75, 3.05) is 5.32 Å². The van der Waals surface area contributed by atoms with Gasteiger partial charge in [-0.3, -0.25) is 4.79 Å². The SMILES string of the molecule is CC1(N)CCCCC1C(=O)Nc1cccc2[nH]cnc12. The van der Waals surface area contributed by atoms with E-state index in [0.717, 1.165) is 42.4 Å². The maximum Gasteiger partial charge on any atom is 0.229 e. The number of hydrogen-bond acceptors (Lipinski definition) is 3. The normalized spacial score (nSPS) is 26.6. The van der Waals surface area contributed by atoms with Crippen LogP contribution in [0.1, 0.15) is 32.6 Å². The fourth-order valence-electron chi connectivity index (χ4n) is 3.08. The molecular formula is C15H20N4O. The summed E-state index contributed by atoms with van der Waals surface area (Å²) < 4.78 is 0. The highest BCUT2D eigenvalue weighted by molar-refractivity contribution is 6.00. The number of rotatable bonds is 2. The maximum absolute atomic E-state index is 12.5. The molecule has 2 unspecified atom stereocenters. The zero-order valence-electron chi connectivity index (χ0n) is 11.6. The molecule has 2 atom stereocenters. The van der Waals surface area contributed by atoms with Crippen molar-refractivity contribution in [1.29, 1.82) is 0 Å². The molecule has 5 nitrogen and oxygen atoms in total. The van der Waals surface area contributed by atoms with E-state index in [1.165, 1.54) is 0 Å². The predicted molar refractivity (Wildman–Crippen MR) is 79.3 cm³/mol. The summed E-state index contributed by atoms with van der Waals surface area (Å²) in [5.41, 5.74) is 8.32. The minimum absolute atomic E-state index is 0.00481. The van der Waals surface area contributed by atoms with Crippen LogP contribution in [0.2, 0.25) is 0 Å². The Morgan fingerprint density at radius 3 is 3.15 bits per heavy atom. The van der Waals surface area contributed by atoms with Gasteiger partial charge in [0.1, 0.15) is 5.52 Å². The second-order valence-electron chi connectivity index (χ2n) is 5.90. The van der Waals surface area contributed by atoms with Gasteiger partial charge in [0.2, 0.25) is 5.91 Å². The van der Waals surface area contributed by atoms with Crippen LogP contribution >= 0.6 is 0 Å². The number of nitrogens with one attached hydrogen (secondary N) is 2. The van der Waals surface area contributed by atoms with E-state index in [-0.39, 0.29) is 11.8 Å². The van der Waals surface area contributed by atoms with Crippen LogP contribution in [0.25, 0.3) is 11.0 Å². The van der Waals surface area contributed by atoms with E-state index in [4.69, 9.17) is 5.73 Å². The molecule has 1 amide bonds. The van der Waals surface area contributed by atoms with Crippen molar-refractivity contribution >= 4 is 22.6 Å². The van der Waals surface area contributed by atoms with Crippen LogP contribution in [0.5, 0.6) is 0 Å². The first-order chi connectivity index (χ1) is 9.58. The second kappa shape index (κ2) is 4.90. The monoisotopic (exact) mass is 272 g/mol. The zero-order valence-corrected chi connectivity index (χ0v) is 11.6. The molecule has 1 aromatic carbocycles. The van der Waals surface area contributed by atoms with Crippen molar-refractivity contribution in [3.63, 3.8) is 0 Å². The highest BCUT2D eigenvalue weighted by Gasteiger charge is 2.37. The minimum Gasteiger partial charge on any atom is -0.345 e. The standard InChI is InChI=1S/C15H20N4O/c1-15(16)8-3-2-5-10(15)14(20)19-12-7-4-6-11-13(12)18-9-17-11/h4,6-7,9-10H,2-3,5,8,16H2,1H3,(H,17,18)(H,19,20). The first-order valence-corrected chi connectivity index (χ1v) is 7.10. The van der Waals surface area contributed by atoms with E-state index < -0.39 is 5.54 Å². The lowest BCUT2D eigenvalue weighted by Gasteiger charge is -2.37. The largest absolute Gasteiger partial charge is 0.345 e. The number of carbonyl (C=O) groups is 1. The lowest BCUT2D eigenvalue weighted by Crippen LogP contribution is -2.51. The van der Waals surface area contributed by atoms with Crippen molar-refractivity contribution in [2.45, 2.75) is 38.1 Å². The highest BCUT2D eigenvalue weighted by atomic mass is 16.2. The van der Waals surface area contributed by atoms with Gasteiger partial charge in [0, 0.05) is 5.54 Å². The number of imidazole rings is 1. The summed E-state index contributed by atoms with van der Waals surface area (Å²) in [7, 11) is 0. The van der Waals surface area contributed by atoms with Crippen molar-refractivity contribution in [3.05, 3.63) is 24.5 Å². The summed E-state index contributed by atoms with van der Waals surface area (Å²) in [5.74, 6) is -0.129. The van der Waals surface area contributed by atoms with E-state index in [9.17, 15) is 4.79 Å². The quantitative estimate of drug-likeness (QED) is 0.785. The Kier molecular flexibility index (Phi) is 3.22. The molecule has 1 aliphatic rings. The zero-order chi connectivity index (χ0) is 14.2. The maximum atomic E-state index is 12.5. The number of hydrogen-bond donors (Lipinski definition) is 3. The van der Waals surface area contributed by atoms with E-state index in [0.29, 0.717) is 0 Å². The molecule has 0 saturated heterocycles. The van der Waals surface area contributed by atoms with E-state index in [1.807, 2.05) is 25.1 Å². The van der Waals surface area contributed by atoms with Crippen LogP contribution < -0.4 is 11.1 Å². The Balaban J connectivity index is 1.83. The van der Waals surface area contributed by atoms with E-state index >= 15 is 0 Å². The highest BCUT2D eigenvalue weighted by Crippen LogP contribution is 2.33. The van der Waals surface area contributed by atoms with Crippen LogP contribution in [0.3, 0.4) is 0 Å². The second-order valence-corrected chi connectivity index (χ2v) is 5.90. The number of amides is 1. The van der Waals surface area contributed by atoms with Crippen LogP contribution in [-0.2, 0) is 4.79 Å². The molecule has 0 spiro atoms. The molecule has 0 aliphatic heterocycles. The molecule has 106 valence electrons. The minimum atomic E-state index is -0.415. The average molecular weight is 272 g/mol. The van der Waals surface area contributed by atoms with E-state index in [2.05, 4.69) is 15.3 Å². The molecular weight excluding hydrogens is 252 g/mol. The number of fused-ring (bicyclic) bond motifs is 1. The molecule has 1 saturated carbocycles.